The molecular formula is C19H28N2O. The van der Waals surface area contributed by atoms with Crippen LogP contribution in [0.3, 0.4) is 0 Å². The molecular weight excluding hydrogens is 272 g/mol. The van der Waals surface area contributed by atoms with E-state index in [0.717, 1.165) is 24.7 Å². The van der Waals surface area contributed by atoms with Crippen molar-refractivity contribution in [2.24, 2.45) is 0 Å². The highest BCUT2D eigenvalue weighted by Gasteiger charge is 2.16. The van der Waals surface area contributed by atoms with Gasteiger partial charge in [-0.15, -0.1) is 0 Å². The predicted molar refractivity (Wildman–Crippen MR) is 91.2 cm³/mol. The Morgan fingerprint density at radius 3 is 2.27 bits per heavy atom. The van der Waals surface area contributed by atoms with E-state index in [4.69, 9.17) is 0 Å². The van der Waals surface area contributed by atoms with Crippen molar-refractivity contribution in [1.82, 2.24) is 4.90 Å². The van der Waals surface area contributed by atoms with E-state index >= 15 is 0 Å². The van der Waals surface area contributed by atoms with E-state index in [1.807, 2.05) is 0 Å². The number of nitrogens with zero attached hydrogens (tertiary/aromatic N) is 1. The fourth-order valence-corrected chi connectivity index (χ4v) is 3.80. The van der Waals surface area contributed by atoms with Crippen molar-refractivity contribution in [3.05, 3.63) is 29.8 Å². The molecule has 3 heteroatoms. The Bertz CT molecular complexity index is 471. The normalized spacial score (nSPS) is 20.7. The lowest BCUT2D eigenvalue weighted by Crippen LogP contribution is -2.36. The summed E-state index contributed by atoms with van der Waals surface area (Å²) in [4.78, 5) is 14.4. The van der Waals surface area contributed by atoms with Crippen LogP contribution in [0.1, 0.15) is 62.8 Å². The highest BCUT2D eigenvalue weighted by atomic mass is 16.2. The van der Waals surface area contributed by atoms with Gasteiger partial charge in [0.1, 0.15) is 0 Å². The number of carbonyl (C=O) groups is 1. The summed E-state index contributed by atoms with van der Waals surface area (Å²) in [6, 6.07) is 8.54. The second-order valence-electron chi connectivity index (χ2n) is 6.84. The fourth-order valence-electron chi connectivity index (χ4n) is 3.80. The molecule has 1 aliphatic carbocycles. The summed E-state index contributed by atoms with van der Waals surface area (Å²) in [5, 5.41) is 3.04. The Labute approximate surface area is 134 Å². The average Bonchev–Trinajstić information content (AvgIpc) is 2.57. The first-order valence-corrected chi connectivity index (χ1v) is 8.93. The number of likely N-dealkylation sites (tertiary alicyclic amines) is 1. The SMILES string of the molecule is O=C(CN1CCCCC1)Nc1ccc(C2CCCCC2)cc1. The summed E-state index contributed by atoms with van der Waals surface area (Å²) < 4.78 is 0. The van der Waals surface area contributed by atoms with Crippen LogP contribution in [0.2, 0.25) is 0 Å². The van der Waals surface area contributed by atoms with Gasteiger partial charge in [-0.2, -0.15) is 0 Å². The molecule has 0 spiro atoms. The number of carbonyl (C=O) groups excluding carboxylic acids is 1. The minimum atomic E-state index is 0.118. The molecule has 1 amide bonds. The van der Waals surface area contributed by atoms with Gasteiger partial charge in [-0.05, 0) is 62.4 Å². The van der Waals surface area contributed by atoms with Gasteiger partial charge < -0.3 is 5.32 Å². The Morgan fingerprint density at radius 1 is 0.955 bits per heavy atom. The van der Waals surface area contributed by atoms with Crippen LogP contribution in [0.25, 0.3) is 0 Å². The van der Waals surface area contributed by atoms with Crippen molar-refractivity contribution in [1.29, 1.82) is 0 Å². The van der Waals surface area contributed by atoms with Gasteiger partial charge in [-0.3, -0.25) is 9.69 Å². The first-order chi connectivity index (χ1) is 10.8. The first kappa shape index (κ1) is 15.5. The summed E-state index contributed by atoms with van der Waals surface area (Å²) in [6.45, 7) is 2.66. The zero-order valence-electron chi connectivity index (χ0n) is 13.5. The van der Waals surface area contributed by atoms with Crippen LogP contribution >= 0.6 is 0 Å². The number of hydrogen-bond donors (Lipinski definition) is 1. The van der Waals surface area contributed by atoms with E-state index in [-0.39, 0.29) is 5.91 Å². The maximum Gasteiger partial charge on any atom is 0.238 e. The lowest BCUT2D eigenvalue weighted by Gasteiger charge is -2.25. The molecule has 2 aliphatic rings. The van der Waals surface area contributed by atoms with Crippen molar-refractivity contribution in [3.8, 4) is 0 Å². The highest BCUT2D eigenvalue weighted by molar-refractivity contribution is 5.92. The van der Waals surface area contributed by atoms with Crippen LogP contribution < -0.4 is 5.32 Å². The highest BCUT2D eigenvalue weighted by Crippen LogP contribution is 2.32. The maximum atomic E-state index is 12.1. The Hall–Kier alpha value is -1.35. The quantitative estimate of drug-likeness (QED) is 0.905. The van der Waals surface area contributed by atoms with Crippen molar-refractivity contribution < 1.29 is 4.79 Å². The third kappa shape index (κ3) is 4.33. The van der Waals surface area contributed by atoms with Crippen molar-refractivity contribution >= 4 is 11.6 Å². The Morgan fingerprint density at radius 2 is 1.59 bits per heavy atom. The van der Waals surface area contributed by atoms with Crippen molar-refractivity contribution in [3.63, 3.8) is 0 Å². The standard InChI is InChI=1S/C19H28N2O/c22-19(15-21-13-5-2-6-14-21)20-18-11-9-17(10-12-18)16-7-3-1-4-8-16/h9-12,16H,1-8,13-15H2,(H,20,22). The van der Waals surface area contributed by atoms with Crippen LogP contribution in [0.15, 0.2) is 24.3 Å². The number of anilines is 1. The van der Waals surface area contributed by atoms with Gasteiger partial charge in [0, 0.05) is 5.69 Å². The van der Waals surface area contributed by atoms with E-state index in [2.05, 4.69) is 34.5 Å². The first-order valence-electron chi connectivity index (χ1n) is 8.93. The molecule has 3 rings (SSSR count). The molecule has 3 nitrogen and oxygen atoms in total. The summed E-state index contributed by atoms with van der Waals surface area (Å²) in [7, 11) is 0. The second-order valence-corrected chi connectivity index (χ2v) is 6.84. The van der Waals surface area contributed by atoms with Crippen LogP contribution in [-0.4, -0.2) is 30.4 Å². The number of amides is 1. The number of rotatable bonds is 4. The van der Waals surface area contributed by atoms with E-state index in [1.165, 1.54) is 56.9 Å². The van der Waals surface area contributed by atoms with Crippen LogP contribution in [0, 0.1) is 0 Å². The summed E-state index contributed by atoms with van der Waals surface area (Å²) >= 11 is 0. The molecule has 1 saturated carbocycles. The number of nitrogens with one attached hydrogen (secondary N) is 1. The van der Waals surface area contributed by atoms with Gasteiger partial charge in [0.15, 0.2) is 0 Å². The molecule has 1 aromatic carbocycles. The predicted octanol–water partition coefficient (Wildman–Crippen LogP) is 4.16. The molecule has 1 N–H and O–H groups in total. The lowest BCUT2D eigenvalue weighted by molar-refractivity contribution is -0.117. The number of benzene rings is 1. The number of hydrogen-bond acceptors (Lipinski definition) is 2. The smallest absolute Gasteiger partial charge is 0.238 e. The molecule has 1 aromatic rings. The lowest BCUT2D eigenvalue weighted by atomic mass is 9.84. The zero-order valence-corrected chi connectivity index (χ0v) is 13.5. The zero-order chi connectivity index (χ0) is 15.2. The van der Waals surface area contributed by atoms with Gasteiger partial charge in [0.05, 0.1) is 6.54 Å². The van der Waals surface area contributed by atoms with Gasteiger partial charge in [0.2, 0.25) is 5.91 Å². The van der Waals surface area contributed by atoms with Gasteiger partial charge in [-0.1, -0.05) is 37.8 Å². The van der Waals surface area contributed by atoms with Gasteiger partial charge in [-0.25, -0.2) is 0 Å². The minimum absolute atomic E-state index is 0.118. The summed E-state index contributed by atoms with van der Waals surface area (Å²) in [5.41, 5.74) is 2.37. The van der Waals surface area contributed by atoms with Crippen LogP contribution in [0.5, 0.6) is 0 Å². The molecule has 1 saturated heterocycles. The minimum Gasteiger partial charge on any atom is -0.325 e. The molecule has 1 aliphatic heterocycles. The molecule has 1 heterocycles. The Kier molecular flexibility index (Phi) is 5.49. The number of piperidine rings is 1. The molecule has 2 fully saturated rings. The second kappa shape index (κ2) is 7.77. The molecule has 22 heavy (non-hydrogen) atoms. The summed E-state index contributed by atoms with van der Waals surface area (Å²) in [6.07, 6.45) is 10.5. The monoisotopic (exact) mass is 300 g/mol. The van der Waals surface area contributed by atoms with Crippen molar-refractivity contribution in [2.75, 3.05) is 25.0 Å². The third-order valence-corrected chi connectivity index (χ3v) is 5.09. The molecule has 0 bridgehead atoms. The molecule has 0 unspecified atom stereocenters. The van der Waals surface area contributed by atoms with E-state index < -0.39 is 0 Å². The van der Waals surface area contributed by atoms with Crippen LogP contribution in [0.4, 0.5) is 5.69 Å². The van der Waals surface area contributed by atoms with Gasteiger partial charge >= 0.3 is 0 Å². The van der Waals surface area contributed by atoms with E-state index in [9.17, 15) is 4.79 Å². The Balaban J connectivity index is 1.50. The topological polar surface area (TPSA) is 32.3 Å². The summed E-state index contributed by atoms with van der Waals surface area (Å²) in [5.74, 6) is 0.846. The molecule has 0 aromatic heterocycles. The fraction of sp³-hybridized carbons (Fsp3) is 0.632. The average molecular weight is 300 g/mol. The molecule has 0 radical (unpaired) electrons. The van der Waals surface area contributed by atoms with Crippen LogP contribution in [-0.2, 0) is 4.79 Å². The largest absolute Gasteiger partial charge is 0.325 e. The molecule has 0 atom stereocenters. The maximum absolute atomic E-state index is 12.1. The van der Waals surface area contributed by atoms with E-state index in [1.54, 1.807) is 0 Å². The van der Waals surface area contributed by atoms with E-state index in [0.29, 0.717) is 6.54 Å². The molecule has 120 valence electrons. The van der Waals surface area contributed by atoms with Gasteiger partial charge in [0.25, 0.3) is 0 Å². The van der Waals surface area contributed by atoms with Crippen molar-refractivity contribution in [2.45, 2.75) is 57.3 Å². The third-order valence-electron chi connectivity index (χ3n) is 5.09.